The summed E-state index contributed by atoms with van der Waals surface area (Å²) in [6, 6.07) is 0.123. The second kappa shape index (κ2) is 5.67. The van der Waals surface area contributed by atoms with E-state index in [4.69, 9.17) is 5.73 Å². The first-order valence-corrected chi connectivity index (χ1v) is 6.95. The molecule has 0 bridgehead atoms. The molecule has 1 heterocycles. The summed E-state index contributed by atoms with van der Waals surface area (Å²) in [5, 5.41) is 0. The summed E-state index contributed by atoms with van der Waals surface area (Å²) in [4.78, 5) is 4.38. The summed E-state index contributed by atoms with van der Waals surface area (Å²) in [6.07, 6.45) is 11.8. The van der Waals surface area contributed by atoms with E-state index in [1.165, 1.54) is 38.5 Å². The van der Waals surface area contributed by atoms with E-state index >= 15 is 0 Å². The van der Waals surface area contributed by atoms with E-state index in [1.807, 2.05) is 19.4 Å². The van der Waals surface area contributed by atoms with Gasteiger partial charge in [0.1, 0.15) is 5.82 Å². The molecule has 1 aliphatic rings. The molecule has 3 nitrogen and oxygen atoms in total. The summed E-state index contributed by atoms with van der Waals surface area (Å²) in [6.45, 7) is 2.28. The van der Waals surface area contributed by atoms with Crippen LogP contribution in [0.15, 0.2) is 12.4 Å². The van der Waals surface area contributed by atoms with E-state index in [1.54, 1.807) is 0 Å². The molecule has 1 saturated carbocycles. The topological polar surface area (TPSA) is 43.8 Å². The van der Waals surface area contributed by atoms with E-state index in [0.717, 1.165) is 11.7 Å². The Morgan fingerprint density at radius 2 is 2.12 bits per heavy atom. The fraction of sp³-hybridized carbons (Fsp3) is 0.786. The van der Waals surface area contributed by atoms with Crippen molar-refractivity contribution in [2.24, 2.45) is 24.6 Å². The first-order valence-electron chi connectivity index (χ1n) is 6.95. The van der Waals surface area contributed by atoms with Crippen molar-refractivity contribution >= 4 is 0 Å². The molecule has 1 aliphatic carbocycles. The van der Waals surface area contributed by atoms with Crippen molar-refractivity contribution < 1.29 is 0 Å². The van der Waals surface area contributed by atoms with Gasteiger partial charge in [0.15, 0.2) is 0 Å². The molecular formula is C14H25N3. The zero-order valence-electron chi connectivity index (χ0n) is 11.1. The average molecular weight is 235 g/mol. The summed E-state index contributed by atoms with van der Waals surface area (Å²) in [5.41, 5.74) is 6.35. The third-order valence-electron chi connectivity index (χ3n) is 4.25. The lowest BCUT2D eigenvalue weighted by atomic mass is 9.77. The molecule has 1 unspecified atom stereocenters. The predicted molar refractivity (Wildman–Crippen MR) is 70.5 cm³/mol. The maximum absolute atomic E-state index is 6.35. The SMILES string of the molecule is CCCC1CCC(C(N)c2nccn2C)CC1. The molecule has 0 spiro atoms. The second-order valence-electron chi connectivity index (χ2n) is 5.49. The number of aromatic nitrogens is 2. The van der Waals surface area contributed by atoms with Gasteiger partial charge in [-0.1, -0.05) is 32.6 Å². The van der Waals surface area contributed by atoms with Crippen molar-refractivity contribution in [3.05, 3.63) is 18.2 Å². The second-order valence-corrected chi connectivity index (χ2v) is 5.49. The Kier molecular flexibility index (Phi) is 4.21. The van der Waals surface area contributed by atoms with Crippen molar-refractivity contribution in [3.8, 4) is 0 Å². The predicted octanol–water partition coefficient (Wildman–Crippen LogP) is 3.03. The molecular weight excluding hydrogens is 210 g/mol. The molecule has 1 atom stereocenters. The number of imidazole rings is 1. The van der Waals surface area contributed by atoms with Gasteiger partial charge in [-0.2, -0.15) is 0 Å². The third-order valence-corrected chi connectivity index (χ3v) is 4.25. The highest BCUT2D eigenvalue weighted by molar-refractivity contribution is 5.00. The Hall–Kier alpha value is -0.830. The Morgan fingerprint density at radius 1 is 1.41 bits per heavy atom. The van der Waals surface area contributed by atoms with Crippen molar-refractivity contribution in [1.29, 1.82) is 0 Å². The van der Waals surface area contributed by atoms with Crippen LogP contribution in [-0.4, -0.2) is 9.55 Å². The monoisotopic (exact) mass is 235 g/mol. The molecule has 2 N–H and O–H groups in total. The van der Waals surface area contributed by atoms with E-state index in [9.17, 15) is 0 Å². The van der Waals surface area contributed by atoms with Crippen molar-refractivity contribution in [2.45, 2.75) is 51.5 Å². The lowest BCUT2D eigenvalue weighted by Crippen LogP contribution is -2.28. The quantitative estimate of drug-likeness (QED) is 0.871. The molecule has 96 valence electrons. The van der Waals surface area contributed by atoms with Gasteiger partial charge in [-0.05, 0) is 24.7 Å². The lowest BCUT2D eigenvalue weighted by Gasteiger charge is -2.31. The molecule has 0 aromatic carbocycles. The molecule has 1 fully saturated rings. The van der Waals surface area contributed by atoms with Crippen molar-refractivity contribution in [3.63, 3.8) is 0 Å². The fourth-order valence-electron chi connectivity index (χ4n) is 3.15. The van der Waals surface area contributed by atoms with Crippen LogP contribution in [0, 0.1) is 11.8 Å². The van der Waals surface area contributed by atoms with Gasteiger partial charge in [0.25, 0.3) is 0 Å². The van der Waals surface area contributed by atoms with Gasteiger partial charge in [-0.15, -0.1) is 0 Å². The lowest BCUT2D eigenvalue weighted by molar-refractivity contribution is 0.229. The van der Waals surface area contributed by atoms with Crippen LogP contribution in [0.1, 0.15) is 57.3 Å². The number of hydrogen-bond donors (Lipinski definition) is 1. The summed E-state index contributed by atoms with van der Waals surface area (Å²) >= 11 is 0. The maximum atomic E-state index is 6.35. The van der Waals surface area contributed by atoms with Crippen LogP contribution in [0.2, 0.25) is 0 Å². The van der Waals surface area contributed by atoms with Crippen LogP contribution in [0.4, 0.5) is 0 Å². The first-order chi connectivity index (χ1) is 8.22. The number of hydrogen-bond acceptors (Lipinski definition) is 2. The molecule has 0 amide bonds. The van der Waals surface area contributed by atoms with Gasteiger partial charge in [0.2, 0.25) is 0 Å². The molecule has 17 heavy (non-hydrogen) atoms. The average Bonchev–Trinajstić information content (AvgIpc) is 2.76. The number of aryl methyl sites for hydroxylation is 1. The Balaban J connectivity index is 1.90. The molecule has 0 radical (unpaired) electrons. The smallest absolute Gasteiger partial charge is 0.125 e. The minimum Gasteiger partial charge on any atom is -0.337 e. The molecule has 1 aromatic rings. The van der Waals surface area contributed by atoms with Gasteiger partial charge >= 0.3 is 0 Å². The fourth-order valence-corrected chi connectivity index (χ4v) is 3.15. The van der Waals surface area contributed by atoms with Crippen LogP contribution in [-0.2, 0) is 7.05 Å². The summed E-state index contributed by atoms with van der Waals surface area (Å²) in [7, 11) is 2.03. The number of nitrogens with zero attached hydrogens (tertiary/aromatic N) is 2. The number of rotatable bonds is 4. The highest BCUT2D eigenvalue weighted by atomic mass is 15.1. The largest absolute Gasteiger partial charge is 0.337 e. The Morgan fingerprint density at radius 3 is 2.65 bits per heavy atom. The van der Waals surface area contributed by atoms with Gasteiger partial charge < -0.3 is 10.3 Å². The first kappa shape index (κ1) is 12.6. The van der Waals surface area contributed by atoms with E-state index in [2.05, 4.69) is 16.5 Å². The third kappa shape index (κ3) is 2.89. The van der Waals surface area contributed by atoms with E-state index in [0.29, 0.717) is 5.92 Å². The summed E-state index contributed by atoms with van der Waals surface area (Å²) in [5.74, 6) is 2.62. The Bertz CT molecular complexity index is 337. The van der Waals surface area contributed by atoms with Gasteiger partial charge in [0, 0.05) is 19.4 Å². The molecule has 0 saturated heterocycles. The van der Waals surface area contributed by atoms with Crippen LogP contribution in [0.3, 0.4) is 0 Å². The standard InChI is InChI=1S/C14H25N3/c1-3-4-11-5-7-12(8-6-11)13(15)14-16-9-10-17(14)2/h9-13H,3-8,15H2,1-2H3. The zero-order chi connectivity index (χ0) is 12.3. The van der Waals surface area contributed by atoms with Crippen LogP contribution in [0.25, 0.3) is 0 Å². The number of nitrogens with two attached hydrogens (primary N) is 1. The highest BCUT2D eigenvalue weighted by Gasteiger charge is 2.27. The highest BCUT2D eigenvalue weighted by Crippen LogP contribution is 2.36. The van der Waals surface area contributed by atoms with E-state index < -0.39 is 0 Å². The maximum Gasteiger partial charge on any atom is 0.125 e. The van der Waals surface area contributed by atoms with Gasteiger partial charge in [-0.25, -0.2) is 4.98 Å². The Labute approximate surface area is 104 Å². The molecule has 0 aliphatic heterocycles. The van der Waals surface area contributed by atoms with Crippen LogP contribution >= 0.6 is 0 Å². The molecule has 3 heteroatoms. The minimum absolute atomic E-state index is 0.123. The van der Waals surface area contributed by atoms with E-state index in [-0.39, 0.29) is 6.04 Å². The van der Waals surface area contributed by atoms with Crippen LogP contribution in [0.5, 0.6) is 0 Å². The van der Waals surface area contributed by atoms with Crippen molar-refractivity contribution in [2.75, 3.05) is 0 Å². The van der Waals surface area contributed by atoms with Gasteiger partial charge in [0.05, 0.1) is 6.04 Å². The zero-order valence-corrected chi connectivity index (χ0v) is 11.1. The van der Waals surface area contributed by atoms with Crippen molar-refractivity contribution in [1.82, 2.24) is 9.55 Å². The van der Waals surface area contributed by atoms with Crippen LogP contribution < -0.4 is 5.73 Å². The molecule has 2 rings (SSSR count). The molecule has 1 aromatic heterocycles. The minimum atomic E-state index is 0.123. The summed E-state index contributed by atoms with van der Waals surface area (Å²) < 4.78 is 2.06. The normalized spacial score (nSPS) is 27.0. The van der Waals surface area contributed by atoms with Gasteiger partial charge in [-0.3, -0.25) is 0 Å².